The molecular formula is C15H16BrNO3. The van der Waals surface area contributed by atoms with Crippen LogP contribution in [0.4, 0.5) is 0 Å². The number of aliphatic hydroxyl groups excluding tert-OH is 1. The van der Waals surface area contributed by atoms with Crippen molar-refractivity contribution in [1.82, 2.24) is 4.98 Å². The van der Waals surface area contributed by atoms with Crippen LogP contribution in [-0.4, -0.2) is 24.3 Å². The number of benzene rings is 1. The number of aliphatic hydroxyl groups is 1. The molecular weight excluding hydrogens is 322 g/mol. The summed E-state index contributed by atoms with van der Waals surface area (Å²) in [6.07, 6.45) is 2.62. The van der Waals surface area contributed by atoms with E-state index in [9.17, 15) is 5.11 Å². The second-order valence-electron chi connectivity index (χ2n) is 4.43. The maximum Gasteiger partial charge on any atom is 0.161 e. The van der Waals surface area contributed by atoms with Crippen LogP contribution in [0, 0.1) is 6.92 Å². The molecule has 1 aromatic heterocycles. The number of aromatic nitrogens is 1. The molecule has 0 saturated carbocycles. The number of aryl methyl sites for hydroxylation is 1. The van der Waals surface area contributed by atoms with Gasteiger partial charge in [0.25, 0.3) is 0 Å². The lowest BCUT2D eigenvalue weighted by molar-refractivity contribution is 0.218. The Morgan fingerprint density at radius 1 is 1.10 bits per heavy atom. The summed E-state index contributed by atoms with van der Waals surface area (Å²) < 4.78 is 11.3. The van der Waals surface area contributed by atoms with Crippen molar-refractivity contribution in [2.24, 2.45) is 0 Å². The van der Waals surface area contributed by atoms with Gasteiger partial charge in [-0.1, -0.05) is 22.0 Å². The zero-order valence-corrected chi connectivity index (χ0v) is 13.1. The van der Waals surface area contributed by atoms with Gasteiger partial charge in [0.2, 0.25) is 0 Å². The quantitative estimate of drug-likeness (QED) is 0.930. The molecule has 4 nitrogen and oxygen atoms in total. The number of halogens is 1. The summed E-state index contributed by atoms with van der Waals surface area (Å²) >= 11 is 3.45. The molecule has 0 radical (unpaired) electrons. The van der Waals surface area contributed by atoms with E-state index in [-0.39, 0.29) is 0 Å². The fourth-order valence-electron chi connectivity index (χ4n) is 1.99. The molecule has 1 aromatic carbocycles. The molecule has 0 saturated heterocycles. The van der Waals surface area contributed by atoms with Crippen molar-refractivity contribution in [1.29, 1.82) is 0 Å². The molecule has 0 aliphatic heterocycles. The maximum atomic E-state index is 10.5. The van der Waals surface area contributed by atoms with Crippen LogP contribution in [0.15, 0.2) is 35.1 Å². The number of rotatable bonds is 4. The highest BCUT2D eigenvalue weighted by Crippen LogP contribution is 2.37. The lowest BCUT2D eigenvalue weighted by Gasteiger charge is -2.16. The zero-order valence-electron chi connectivity index (χ0n) is 11.6. The molecule has 106 valence electrons. The Balaban J connectivity index is 2.46. The largest absolute Gasteiger partial charge is 0.493 e. The third-order valence-corrected chi connectivity index (χ3v) is 3.70. The van der Waals surface area contributed by atoms with Gasteiger partial charge in [-0.25, -0.2) is 0 Å². The van der Waals surface area contributed by atoms with Gasteiger partial charge in [0, 0.05) is 28.0 Å². The van der Waals surface area contributed by atoms with Gasteiger partial charge in [0.15, 0.2) is 11.5 Å². The van der Waals surface area contributed by atoms with E-state index >= 15 is 0 Å². The molecule has 5 heteroatoms. The van der Waals surface area contributed by atoms with Gasteiger partial charge >= 0.3 is 0 Å². The number of hydrogen-bond acceptors (Lipinski definition) is 4. The first-order valence-electron chi connectivity index (χ1n) is 6.08. The summed E-state index contributed by atoms with van der Waals surface area (Å²) in [7, 11) is 3.14. The first kappa shape index (κ1) is 14.8. The summed E-state index contributed by atoms with van der Waals surface area (Å²) in [5.41, 5.74) is 2.44. The molecule has 0 amide bonds. The fourth-order valence-corrected chi connectivity index (χ4v) is 2.53. The third kappa shape index (κ3) is 2.94. The van der Waals surface area contributed by atoms with Crippen LogP contribution in [0.1, 0.15) is 22.8 Å². The molecule has 0 aliphatic rings. The van der Waals surface area contributed by atoms with Crippen molar-refractivity contribution in [3.05, 3.63) is 51.8 Å². The molecule has 2 aromatic rings. The predicted molar refractivity (Wildman–Crippen MR) is 80.3 cm³/mol. The van der Waals surface area contributed by atoms with Crippen LogP contribution in [0.25, 0.3) is 0 Å². The lowest BCUT2D eigenvalue weighted by atomic mass is 10.0. The van der Waals surface area contributed by atoms with E-state index in [1.54, 1.807) is 38.7 Å². The Kier molecular flexibility index (Phi) is 4.62. The highest BCUT2D eigenvalue weighted by atomic mass is 79.9. The van der Waals surface area contributed by atoms with E-state index in [0.29, 0.717) is 17.1 Å². The van der Waals surface area contributed by atoms with E-state index in [0.717, 1.165) is 15.6 Å². The number of pyridine rings is 1. The van der Waals surface area contributed by atoms with Gasteiger partial charge in [-0.3, -0.25) is 4.98 Å². The van der Waals surface area contributed by atoms with Crippen molar-refractivity contribution >= 4 is 15.9 Å². The van der Waals surface area contributed by atoms with Crippen molar-refractivity contribution < 1.29 is 14.6 Å². The van der Waals surface area contributed by atoms with Crippen molar-refractivity contribution in [3.63, 3.8) is 0 Å². The van der Waals surface area contributed by atoms with Crippen LogP contribution in [-0.2, 0) is 0 Å². The van der Waals surface area contributed by atoms with Crippen molar-refractivity contribution in [2.45, 2.75) is 13.0 Å². The Labute approximate surface area is 126 Å². The van der Waals surface area contributed by atoms with Gasteiger partial charge < -0.3 is 14.6 Å². The topological polar surface area (TPSA) is 51.6 Å². The van der Waals surface area contributed by atoms with E-state index in [2.05, 4.69) is 20.9 Å². The van der Waals surface area contributed by atoms with Crippen LogP contribution in [0.3, 0.4) is 0 Å². The first-order chi connectivity index (χ1) is 9.56. The first-order valence-corrected chi connectivity index (χ1v) is 6.87. The number of methoxy groups -OCH3 is 2. The third-order valence-electron chi connectivity index (χ3n) is 3.01. The molecule has 2 rings (SSSR count). The Bertz CT molecular complexity index is 616. The minimum atomic E-state index is -0.781. The van der Waals surface area contributed by atoms with Gasteiger partial charge in [0.1, 0.15) is 6.10 Å². The molecule has 20 heavy (non-hydrogen) atoms. The molecule has 0 aliphatic carbocycles. The standard InChI is InChI=1S/C15H16BrNO3/c1-9-4-10(8-17-7-9)15(18)11-5-13(19-2)14(20-3)6-12(11)16/h4-8,15,18H,1-3H3. The summed E-state index contributed by atoms with van der Waals surface area (Å²) in [6.45, 7) is 1.94. The molecule has 1 heterocycles. The lowest BCUT2D eigenvalue weighted by Crippen LogP contribution is -2.03. The monoisotopic (exact) mass is 337 g/mol. The van der Waals surface area contributed by atoms with Crippen LogP contribution in [0.2, 0.25) is 0 Å². The molecule has 0 fully saturated rings. The van der Waals surface area contributed by atoms with E-state index in [4.69, 9.17) is 9.47 Å². The molecule has 1 unspecified atom stereocenters. The Morgan fingerprint density at radius 2 is 1.75 bits per heavy atom. The predicted octanol–water partition coefficient (Wildman–Crippen LogP) is 3.25. The SMILES string of the molecule is COc1cc(Br)c(C(O)c2cncc(C)c2)cc1OC. The summed E-state index contributed by atoms with van der Waals surface area (Å²) in [6, 6.07) is 5.44. The number of hydrogen-bond donors (Lipinski definition) is 1. The maximum absolute atomic E-state index is 10.5. The highest BCUT2D eigenvalue weighted by molar-refractivity contribution is 9.10. The normalized spacial score (nSPS) is 12.1. The summed E-state index contributed by atoms with van der Waals surface area (Å²) in [5, 5.41) is 10.5. The van der Waals surface area contributed by atoms with Gasteiger partial charge in [0.05, 0.1) is 14.2 Å². The second kappa shape index (κ2) is 6.24. The van der Waals surface area contributed by atoms with Crippen LogP contribution >= 0.6 is 15.9 Å². The van der Waals surface area contributed by atoms with Crippen molar-refractivity contribution in [2.75, 3.05) is 14.2 Å². The van der Waals surface area contributed by atoms with Crippen LogP contribution < -0.4 is 9.47 Å². The van der Waals surface area contributed by atoms with E-state index in [1.165, 1.54) is 0 Å². The molecule has 1 N–H and O–H groups in total. The molecule has 0 bridgehead atoms. The fraction of sp³-hybridized carbons (Fsp3) is 0.267. The number of nitrogens with zero attached hydrogens (tertiary/aromatic N) is 1. The van der Waals surface area contributed by atoms with Crippen LogP contribution in [0.5, 0.6) is 11.5 Å². The highest BCUT2D eigenvalue weighted by Gasteiger charge is 2.18. The average Bonchev–Trinajstić information content (AvgIpc) is 2.46. The molecule has 0 spiro atoms. The number of ether oxygens (including phenoxy) is 2. The van der Waals surface area contributed by atoms with Crippen molar-refractivity contribution in [3.8, 4) is 11.5 Å². The zero-order chi connectivity index (χ0) is 14.7. The van der Waals surface area contributed by atoms with Gasteiger partial charge in [-0.2, -0.15) is 0 Å². The molecule has 1 atom stereocenters. The minimum Gasteiger partial charge on any atom is -0.493 e. The van der Waals surface area contributed by atoms with E-state index in [1.807, 2.05) is 13.0 Å². The second-order valence-corrected chi connectivity index (χ2v) is 5.28. The minimum absolute atomic E-state index is 0.574. The summed E-state index contributed by atoms with van der Waals surface area (Å²) in [4.78, 5) is 4.11. The van der Waals surface area contributed by atoms with Gasteiger partial charge in [-0.15, -0.1) is 0 Å². The van der Waals surface area contributed by atoms with E-state index < -0.39 is 6.10 Å². The van der Waals surface area contributed by atoms with Gasteiger partial charge in [-0.05, 0) is 24.6 Å². The summed E-state index contributed by atoms with van der Waals surface area (Å²) in [5.74, 6) is 1.18. The Morgan fingerprint density at radius 3 is 2.35 bits per heavy atom. The smallest absolute Gasteiger partial charge is 0.161 e. The average molecular weight is 338 g/mol. The Hall–Kier alpha value is -1.59.